The molecule has 2 rings (SSSR count). The summed E-state index contributed by atoms with van der Waals surface area (Å²) in [6.45, 7) is 3.81. The van der Waals surface area contributed by atoms with Gasteiger partial charge in [-0.3, -0.25) is 4.79 Å². The number of ether oxygens (including phenoxy) is 1. The van der Waals surface area contributed by atoms with Crippen molar-refractivity contribution < 1.29 is 9.53 Å². The smallest absolute Gasteiger partial charge is 0.255 e. The van der Waals surface area contributed by atoms with E-state index in [0.29, 0.717) is 17.0 Å². The summed E-state index contributed by atoms with van der Waals surface area (Å²) in [5.41, 5.74) is 9.71. The molecule has 0 saturated heterocycles. The van der Waals surface area contributed by atoms with Crippen molar-refractivity contribution in [2.24, 2.45) is 0 Å². The Balaban J connectivity index is 2.36. The van der Waals surface area contributed by atoms with Crippen LogP contribution in [0.2, 0.25) is 0 Å². The van der Waals surface area contributed by atoms with Crippen molar-refractivity contribution in [1.82, 2.24) is 0 Å². The predicted octanol–water partition coefficient (Wildman–Crippen LogP) is 4.67. The first kappa shape index (κ1) is 16.8. The van der Waals surface area contributed by atoms with Crippen molar-refractivity contribution in [3.05, 3.63) is 49.9 Å². The summed E-state index contributed by atoms with van der Waals surface area (Å²) in [5.74, 6) is 0.527. The molecule has 116 valence electrons. The second-order valence-electron chi connectivity index (χ2n) is 4.85. The average Bonchev–Trinajstić information content (AvgIpc) is 2.55. The Morgan fingerprint density at radius 2 is 1.59 bits per heavy atom. The van der Waals surface area contributed by atoms with Crippen molar-refractivity contribution in [2.75, 3.05) is 18.2 Å². The van der Waals surface area contributed by atoms with Gasteiger partial charge in [-0.1, -0.05) is 0 Å². The van der Waals surface area contributed by atoms with E-state index >= 15 is 0 Å². The van der Waals surface area contributed by atoms with E-state index in [-0.39, 0.29) is 5.91 Å². The molecule has 0 saturated carbocycles. The number of hydrogen-bond acceptors (Lipinski definition) is 3. The number of carbonyl (C=O) groups is 1. The molecule has 0 heterocycles. The largest absolute Gasteiger partial charge is 0.497 e. The van der Waals surface area contributed by atoms with Crippen molar-refractivity contribution in [3.8, 4) is 5.75 Å². The van der Waals surface area contributed by atoms with Gasteiger partial charge in [0, 0.05) is 20.2 Å². The van der Waals surface area contributed by atoms with Crippen LogP contribution in [-0.4, -0.2) is 13.0 Å². The first-order chi connectivity index (χ1) is 10.4. The summed E-state index contributed by atoms with van der Waals surface area (Å²) in [7, 11) is 1.59. The minimum atomic E-state index is -0.183. The number of anilines is 2. The Kier molecular flexibility index (Phi) is 5.13. The highest BCUT2D eigenvalue weighted by Crippen LogP contribution is 2.40. The quantitative estimate of drug-likeness (QED) is 0.699. The number of rotatable bonds is 3. The second kappa shape index (κ2) is 6.71. The fourth-order valence-corrected chi connectivity index (χ4v) is 3.18. The molecule has 22 heavy (non-hydrogen) atoms. The highest BCUT2D eigenvalue weighted by Gasteiger charge is 2.17. The molecule has 0 aliphatic carbocycles. The normalized spacial score (nSPS) is 10.4. The predicted molar refractivity (Wildman–Crippen MR) is 96.7 cm³/mol. The van der Waals surface area contributed by atoms with Crippen LogP contribution in [-0.2, 0) is 0 Å². The number of nitrogens with one attached hydrogen (secondary N) is 1. The number of hydrogen-bond donors (Lipinski definition) is 2. The van der Waals surface area contributed by atoms with Crippen LogP contribution in [0.15, 0.2) is 33.2 Å². The second-order valence-corrected chi connectivity index (χ2v) is 6.44. The van der Waals surface area contributed by atoms with Gasteiger partial charge in [0.2, 0.25) is 0 Å². The molecular weight excluding hydrogens is 412 g/mol. The lowest BCUT2D eigenvalue weighted by atomic mass is 10.1. The summed E-state index contributed by atoms with van der Waals surface area (Å²) in [6.07, 6.45) is 0. The van der Waals surface area contributed by atoms with E-state index < -0.39 is 0 Å². The monoisotopic (exact) mass is 426 g/mol. The molecule has 2 aromatic carbocycles. The van der Waals surface area contributed by atoms with Crippen LogP contribution in [0.1, 0.15) is 21.5 Å². The number of halogens is 2. The number of nitrogens with two attached hydrogens (primary N) is 1. The molecule has 0 spiro atoms. The molecule has 0 aliphatic heterocycles. The number of benzene rings is 2. The van der Waals surface area contributed by atoms with Gasteiger partial charge in [-0.15, -0.1) is 0 Å². The summed E-state index contributed by atoms with van der Waals surface area (Å²) in [6, 6.07) is 6.95. The minimum Gasteiger partial charge on any atom is -0.497 e. The summed E-state index contributed by atoms with van der Waals surface area (Å²) in [5, 5.41) is 2.95. The lowest BCUT2D eigenvalue weighted by Gasteiger charge is -2.17. The van der Waals surface area contributed by atoms with Gasteiger partial charge >= 0.3 is 0 Å². The maximum atomic E-state index is 12.4. The molecule has 2 aromatic rings. The third-order valence-electron chi connectivity index (χ3n) is 3.47. The summed E-state index contributed by atoms with van der Waals surface area (Å²) < 4.78 is 6.64. The van der Waals surface area contributed by atoms with Crippen molar-refractivity contribution >= 4 is 49.1 Å². The standard InChI is InChI=1S/C16H16Br2N2O2/c1-8-12(17)14(19)13(18)9(2)15(8)20-16(21)10-4-6-11(22-3)7-5-10/h4-7H,19H2,1-3H3,(H,20,21). The van der Waals surface area contributed by atoms with Gasteiger partial charge in [0.05, 0.1) is 12.8 Å². The number of nitrogen functional groups attached to an aromatic ring is 1. The molecular formula is C16H16Br2N2O2. The SMILES string of the molecule is COc1ccc(C(=O)Nc2c(C)c(Br)c(N)c(Br)c2C)cc1. The Bertz CT molecular complexity index is 699. The molecule has 1 amide bonds. The molecule has 0 radical (unpaired) electrons. The van der Waals surface area contributed by atoms with Gasteiger partial charge in [0.15, 0.2) is 0 Å². The fraction of sp³-hybridized carbons (Fsp3) is 0.188. The Labute approximate surface area is 146 Å². The molecule has 0 bridgehead atoms. The van der Waals surface area contributed by atoms with Crippen LogP contribution in [0.4, 0.5) is 11.4 Å². The van der Waals surface area contributed by atoms with E-state index in [1.807, 2.05) is 13.8 Å². The summed E-state index contributed by atoms with van der Waals surface area (Å²) in [4.78, 5) is 12.4. The van der Waals surface area contributed by atoms with Gasteiger partial charge in [0.1, 0.15) is 5.75 Å². The maximum absolute atomic E-state index is 12.4. The van der Waals surface area contributed by atoms with Gasteiger partial charge < -0.3 is 15.8 Å². The first-order valence-electron chi connectivity index (χ1n) is 6.55. The van der Waals surface area contributed by atoms with Crippen molar-refractivity contribution in [1.29, 1.82) is 0 Å². The molecule has 0 unspecified atom stereocenters. The van der Waals surface area contributed by atoms with Gasteiger partial charge in [-0.2, -0.15) is 0 Å². The van der Waals surface area contributed by atoms with E-state index in [4.69, 9.17) is 10.5 Å². The van der Waals surface area contributed by atoms with Crippen molar-refractivity contribution in [2.45, 2.75) is 13.8 Å². The molecule has 0 aromatic heterocycles. The van der Waals surface area contributed by atoms with Crippen LogP contribution < -0.4 is 15.8 Å². The van der Waals surface area contributed by atoms with E-state index in [2.05, 4.69) is 37.2 Å². The molecule has 0 atom stereocenters. The van der Waals surface area contributed by atoms with E-state index in [1.165, 1.54) is 0 Å². The Morgan fingerprint density at radius 1 is 1.09 bits per heavy atom. The lowest BCUT2D eigenvalue weighted by molar-refractivity contribution is 0.102. The van der Waals surface area contributed by atoms with Crippen molar-refractivity contribution in [3.63, 3.8) is 0 Å². The highest BCUT2D eigenvalue weighted by atomic mass is 79.9. The van der Waals surface area contributed by atoms with Gasteiger partial charge in [-0.25, -0.2) is 0 Å². The Morgan fingerprint density at radius 3 is 2.05 bits per heavy atom. The molecule has 3 N–H and O–H groups in total. The third-order valence-corrected chi connectivity index (χ3v) is 5.52. The van der Waals surface area contributed by atoms with E-state index in [9.17, 15) is 4.79 Å². The average molecular weight is 428 g/mol. The van der Waals surface area contributed by atoms with E-state index in [0.717, 1.165) is 25.8 Å². The number of amides is 1. The van der Waals surface area contributed by atoms with Gasteiger partial charge in [-0.05, 0) is 81.1 Å². The molecule has 0 fully saturated rings. The minimum absolute atomic E-state index is 0.183. The summed E-state index contributed by atoms with van der Waals surface area (Å²) >= 11 is 6.91. The zero-order valence-electron chi connectivity index (χ0n) is 12.5. The zero-order chi connectivity index (χ0) is 16.4. The highest BCUT2D eigenvalue weighted by molar-refractivity contribution is 9.11. The fourth-order valence-electron chi connectivity index (χ4n) is 2.12. The topological polar surface area (TPSA) is 64.3 Å². The van der Waals surface area contributed by atoms with Crippen LogP contribution in [0.5, 0.6) is 5.75 Å². The molecule has 6 heteroatoms. The maximum Gasteiger partial charge on any atom is 0.255 e. The Hall–Kier alpha value is -1.53. The van der Waals surface area contributed by atoms with Crippen LogP contribution in [0, 0.1) is 13.8 Å². The van der Waals surface area contributed by atoms with Gasteiger partial charge in [0.25, 0.3) is 5.91 Å². The number of carbonyl (C=O) groups excluding carboxylic acids is 1. The van der Waals surface area contributed by atoms with Crippen LogP contribution in [0.25, 0.3) is 0 Å². The first-order valence-corrected chi connectivity index (χ1v) is 8.14. The molecule has 4 nitrogen and oxygen atoms in total. The third kappa shape index (κ3) is 3.13. The zero-order valence-corrected chi connectivity index (χ0v) is 15.6. The number of methoxy groups -OCH3 is 1. The van der Waals surface area contributed by atoms with E-state index in [1.54, 1.807) is 31.4 Å². The van der Waals surface area contributed by atoms with Crippen LogP contribution >= 0.6 is 31.9 Å². The van der Waals surface area contributed by atoms with Crippen LogP contribution in [0.3, 0.4) is 0 Å². The lowest BCUT2D eigenvalue weighted by Crippen LogP contribution is -2.14. The molecule has 0 aliphatic rings.